The van der Waals surface area contributed by atoms with E-state index in [-0.39, 0.29) is 17.7 Å². The minimum Gasteiger partial charge on any atom is -0.393 e. The van der Waals surface area contributed by atoms with Crippen LogP contribution in [0.15, 0.2) is 47.1 Å². The number of carbonyl (C=O) groups is 2. The van der Waals surface area contributed by atoms with Crippen molar-refractivity contribution in [1.82, 2.24) is 15.5 Å². The van der Waals surface area contributed by atoms with Gasteiger partial charge in [-0.25, -0.2) is 4.79 Å². The highest BCUT2D eigenvalue weighted by Crippen LogP contribution is 2.28. The molecule has 2 heterocycles. The molecule has 1 fully saturated rings. The molecule has 7 nitrogen and oxygen atoms in total. The molecular formula is C20H19N3O4. The Bertz CT molecular complexity index is 970. The molecule has 0 atom stereocenters. The fourth-order valence-electron chi connectivity index (χ4n) is 2.99. The van der Waals surface area contributed by atoms with Crippen molar-refractivity contribution in [3.8, 4) is 17.1 Å². The van der Waals surface area contributed by atoms with Crippen molar-refractivity contribution < 1.29 is 18.8 Å². The van der Waals surface area contributed by atoms with Gasteiger partial charge in [0.1, 0.15) is 11.5 Å². The van der Waals surface area contributed by atoms with Gasteiger partial charge in [-0.3, -0.25) is 4.79 Å². The van der Waals surface area contributed by atoms with Crippen molar-refractivity contribution in [2.75, 3.05) is 0 Å². The number of hydrogen-bond donors (Lipinski definition) is 2. The number of aromatic amines is 1. The first kappa shape index (κ1) is 17.1. The first-order valence-electron chi connectivity index (χ1n) is 8.85. The monoisotopic (exact) mass is 365 g/mol. The summed E-state index contributed by atoms with van der Waals surface area (Å²) in [5, 5.41) is 6.81. The van der Waals surface area contributed by atoms with Gasteiger partial charge >= 0.3 is 6.09 Å². The maximum atomic E-state index is 13.0. The van der Waals surface area contributed by atoms with Crippen LogP contribution < -0.4 is 10.1 Å². The van der Waals surface area contributed by atoms with Crippen molar-refractivity contribution in [3.63, 3.8) is 0 Å². The molecule has 7 heteroatoms. The molecule has 0 saturated heterocycles. The number of H-pyrrole nitrogens is 1. The van der Waals surface area contributed by atoms with E-state index in [1.54, 1.807) is 6.92 Å². The molecule has 0 aliphatic heterocycles. The molecular weight excluding hydrogens is 346 g/mol. The summed E-state index contributed by atoms with van der Waals surface area (Å²) < 4.78 is 10.5. The molecule has 0 spiro atoms. The Kier molecular flexibility index (Phi) is 4.50. The standard InChI is InChI=1S/C20H19N3O4/c1-12-17(18(23-27-12)13-6-3-2-4-7-13)19(24)14-10-16(21-11-14)26-20(25)22-15-8-5-9-15/h2-4,6-7,10-11,15,21H,5,8-9H2,1H3,(H,22,25). The molecule has 2 aromatic heterocycles. The number of nitrogens with one attached hydrogen (secondary N) is 2. The van der Waals surface area contributed by atoms with Gasteiger partial charge in [0.25, 0.3) is 0 Å². The number of ketones is 1. The van der Waals surface area contributed by atoms with E-state index in [2.05, 4.69) is 15.5 Å². The summed E-state index contributed by atoms with van der Waals surface area (Å²) in [5.41, 5.74) is 2.05. The van der Waals surface area contributed by atoms with E-state index in [1.165, 1.54) is 12.3 Å². The zero-order valence-corrected chi connectivity index (χ0v) is 14.8. The highest BCUT2D eigenvalue weighted by Gasteiger charge is 2.25. The van der Waals surface area contributed by atoms with E-state index in [1.807, 2.05) is 30.3 Å². The van der Waals surface area contributed by atoms with Crippen LogP contribution in [0.1, 0.15) is 40.9 Å². The average molecular weight is 365 g/mol. The van der Waals surface area contributed by atoms with Gasteiger partial charge in [0, 0.05) is 29.4 Å². The third-order valence-electron chi connectivity index (χ3n) is 4.69. The van der Waals surface area contributed by atoms with Crippen LogP contribution in [0.3, 0.4) is 0 Å². The molecule has 27 heavy (non-hydrogen) atoms. The number of benzene rings is 1. The van der Waals surface area contributed by atoms with E-state index >= 15 is 0 Å². The second-order valence-electron chi connectivity index (χ2n) is 6.57. The van der Waals surface area contributed by atoms with Crippen molar-refractivity contribution in [2.45, 2.75) is 32.2 Å². The molecule has 138 valence electrons. The zero-order valence-electron chi connectivity index (χ0n) is 14.8. The van der Waals surface area contributed by atoms with Gasteiger partial charge in [0.15, 0.2) is 0 Å². The number of carbonyl (C=O) groups excluding carboxylic acids is 2. The average Bonchev–Trinajstić information content (AvgIpc) is 3.25. The summed E-state index contributed by atoms with van der Waals surface area (Å²) in [6.45, 7) is 1.70. The van der Waals surface area contributed by atoms with Crippen LogP contribution in [0.5, 0.6) is 5.88 Å². The summed E-state index contributed by atoms with van der Waals surface area (Å²) in [7, 11) is 0. The Labute approximate surface area is 155 Å². The van der Waals surface area contributed by atoms with Gasteiger partial charge in [0.05, 0.1) is 5.56 Å². The minimum atomic E-state index is -0.522. The number of ether oxygens (including phenoxy) is 1. The molecule has 1 saturated carbocycles. The zero-order chi connectivity index (χ0) is 18.8. The lowest BCUT2D eigenvalue weighted by Crippen LogP contribution is -2.41. The lowest BCUT2D eigenvalue weighted by atomic mass is 9.93. The Morgan fingerprint density at radius 3 is 2.74 bits per heavy atom. The smallest absolute Gasteiger partial charge is 0.393 e. The van der Waals surface area contributed by atoms with Gasteiger partial charge in [-0.05, 0) is 26.2 Å². The lowest BCUT2D eigenvalue weighted by Gasteiger charge is -2.25. The second-order valence-corrected chi connectivity index (χ2v) is 6.57. The van der Waals surface area contributed by atoms with Crippen molar-refractivity contribution in [3.05, 3.63) is 59.5 Å². The molecule has 0 radical (unpaired) electrons. The van der Waals surface area contributed by atoms with Crippen molar-refractivity contribution >= 4 is 11.9 Å². The van der Waals surface area contributed by atoms with Gasteiger partial charge in [0.2, 0.25) is 11.7 Å². The maximum absolute atomic E-state index is 13.0. The fourth-order valence-corrected chi connectivity index (χ4v) is 2.99. The van der Waals surface area contributed by atoms with Crippen molar-refractivity contribution in [2.24, 2.45) is 0 Å². The largest absolute Gasteiger partial charge is 0.414 e. The lowest BCUT2D eigenvalue weighted by molar-refractivity contribution is 0.103. The van der Waals surface area contributed by atoms with Crippen LogP contribution in [-0.2, 0) is 0 Å². The molecule has 1 aromatic carbocycles. The van der Waals surface area contributed by atoms with Crippen LogP contribution in [0.4, 0.5) is 4.79 Å². The molecule has 0 unspecified atom stereocenters. The van der Waals surface area contributed by atoms with E-state index in [4.69, 9.17) is 9.26 Å². The SMILES string of the molecule is Cc1onc(-c2ccccc2)c1C(=O)c1c[nH]c(OC(=O)NC2CCC2)c1. The van der Waals surface area contributed by atoms with E-state index in [0.29, 0.717) is 22.6 Å². The Balaban J connectivity index is 1.53. The molecule has 2 N–H and O–H groups in total. The predicted molar refractivity (Wildman–Crippen MR) is 97.7 cm³/mol. The van der Waals surface area contributed by atoms with Gasteiger partial charge in [-0.2, -0.15) is 0 Å². The molecule has 1 aliphatic carbocycles. The predicted octanol–water partition coefficient (Wildman–Crippen LogP) is 3.85. The van der Waals surface area contributed by atoms with Crippen LogP contribution in [0.25, 0.3) is 11.3 Å². The maximum Gasteiger partial charge on any atom is 0.414 e. The van der Waals surface area contributed by atoms with Crippen LogP contribution in [-0.4, -0.2) is 28.1 Å². The first-order chi connectivity index (χ1) is 13.1. The summed E-state index contributed by atoms with van der Waals surface area (Å²) in [4.78, 5) is 27.6. The van der Waals surface area contributed by atoms with E-state index in [0.717, 1.165) is 24.8 Å². The van der Waals surface area contributed by atoms with Crippen molar-refractivity contribution in [1.29, 1.82) is 0 Å². The third kappa shape index (κ3) is 3.48. The minimum absolute atomic E-state index is 0.182. The molecule has 1 aliphatic rings. The van der Waals surface area contributed by atoms with Gasteiger partial charge < -0.3 is 19.6 Å². The number of amides is 1. The first-order valence-corrected chi connectivity index (χ1v) is 8.85. The number of rotatable bonds is 5. The quantitative estimate of drug-likeness (QED) is 0.669. The Morgan fingerprint density at radius 1 is 1.26 bits per heavy atom. The van der Waals surface area contributed by atoms with E-state index in [9.17, 15) is 9.59 Å². The van der Waals surface area contributed by atoms with Gasteiger partial charge in [-0.1, -0.05) is 35.5 Å². The topological polar surface area (TPSA) is 97.2 Å². The summed E-state index contributed by atoms with van der Waals surface area (Å²) in [6.07, 6.45) is 4.05. The number of nitrogens with zero attached hydrogens (tertiary/aromatic N) is 1. The summed E-state index contributed by atoms with van der Waals surface area (Å²) in [5.74, 6) is 0.397. The Hall–Kier alpha value is -3.35. The number of hydrogen-bond acceptors (Lipinski definition) is 5. The Morgan fingerprint density at radius 2 is 2.04 bits per heavy atom. The van der Waals surface area contributed by atoms with Gasteiger partial charge in [-0.15, -0.1) is 0 Å². The summed E-state index contributed by atoms with van der Waals surface area (Å²) >= 11 is 0. The normalized spacial score (nSPS) is 13.8. The molecule has 3 aromatic rings. The molecule has 1 amide bonds. The van der Waals surface area contributed by atoms with Crippen LogP contribution in [0, 0.1) is 6.92 Å². The third-order valence-corrected chi connectivity index (χ3v) is 4.69. The van der Waals surface area contributed by atoms with Crippen LogP contribution in [0.2, 0.25) is 0 Å². The van der Waals surface area contributed by atoms with Crippen LogP contribution >= 0.6 is 0 Å². The van der Waals surface area contributed by atoms with E-state index < -0.39 is 6.09 Å². The molecule has 4 rings (SSSR count). The highest BCUT2D eigenvalue weighted by atomic mass is 16.6. The summed E-state index contributed by atoms with van der Waals surface area (Å²) in [6, 6.07) is 11.1. The fraction of sp³-hybridized carbons (Fsp3) is 0.250. The highest BCUT2D eigenvalue weighted by molar-refractivity contribution is 6.13. The molecule has 0 bridgehead atoms. The number of aryl methyl sites for hydroxylation is 1. The number of aromatic nitrogens is 2. The second kappa shape index (κ2) is 7.11.